The van der Waals surface area contributed by atoms with E-state index in [1.165, 1.54) is 42.7 Å². The molecule has 17 heavy (non-hydrogen) atoms. The summed E-state index contributed by atoms with van der Waals surface area (Å²) in [4.78, 5) is 4.49. The van der Waals surface area contributed by atoms with E-state index in [1.54, 1.807) is 0 Å². The Bertz CT molecular complexity index is 348. The lowest BCUT2D eigenvalue weighted by molar-refractivity contribution is 0.515. The molecule has 0 aliphatic heterocycles. The molecule has 1 aliphatic carbocycles. The maximum atomic E-state index is 4.49. The van der Waals surface area contributed by atoms with Crippen LogP contribution in [0.2, 0.25) is 0 Å². The highest BCUT2D eigenvalue weighted by Gasteiger charge is 2.15. The molecule has 0 saturated heterocycles. The fourth-order valence-electron chi connectivity index (χ4n) is 2.28. The van der Waals surface area contributed by atoms with Gasteiger partial charge in [-0.3, -0.25) is 0 Å². The van der Waals surface area contributed by atoms with Crippen molar-refractivity contribution < 1.29 is 0 Å². The van der Waals surface area contributed by atoms with Crippen LogP contribution in [-0.4, -0.2) is 17.3 Å². The first-order valence-corrected chi connectivity index (χ1v) is 7.47. The topological polar surface area (TPSA) is 24.9 Å². The van der Waals surface area contributed by atoms with Crippen LogP contribution in [0.3, 0.4) is 0 Å². The smallest absolute Gasteiger partial charge is 0.0965 e. The molecule has 2 nitrogen and oxygen atoms in total. The van der Waals surface area contributed by atoms with E-state index < -0.39 is 0 Å². The van der Waals surface area contributed by atoms with E-state index in [2.05, 4.69) is 29.4 Å². The van der Waals surface area contributed by atoms with Crippen molar-refractivity contribution >= 4 is 11.8 Å². The maximum Gasteiger partial charge on any atom is 0.0965 e. The summed E-state index contributed by atoms with van der Waals surface area (Å²) in [5.41, 5.74) is 1.33. The van der Waals surface area contributed by atoms with Crippen molar-refractivity contribution in [3.8, 4) is 0 Å². The zero-order valence-corrected chi connectivity index (χ0v) is 11.6. The molecule has 0 spiro atoms. The summed E-state index contributed by atoms with van der Waals surface area (Å²) in [6.45, 7) is 2.18. The van der Waals surface area contributed by atoms with Gasteiger partial charge in [0.25, 0.3) is 0 Å². The van der Waals surface area contributed by atoms with Gasteiger partial charge in [-0.1, -0.05) is 19.3 Å². The van der Waals surface area contributed by atoms with Crippen LogP contribution in [0, 0.1) is 0 Å². The fourth-order valence-corrected chi connectivity index (χ4v) is 3.52. The molecular formula is C14H22N2S. The van der Waals surface area contributed by atoms with Crippen molar-refractivity contribution in [1.82, 2.24) is 10.3 Å². The number of rotatable bonds is 4. The van der Waals surface area contributed by atoms with Crippen LogP contribution < -0.4 is 5.32 Å². The van der Waals surface area contributed by atoms with Crippen molar-refractivity contribution in [3.05, 3.63) is 23.9 Å². The highest BCUT2D eigenvalue weighted by Crippen LogP contribution is 2.33. The molecule has 1 N–H and O–H groups in total. The normalized spacial score (nSPS) is 19.2. The predicted octanol–water partition coefficient (Wildman–Crippen LogP) is 3.79. The average molecular weight is 250 g/mol. The zero-order valence-electron chi connectivity index (χ0n) is 10.8. The Kier molecular flexibility index (Phi) is 4.86. The first-order valence-electron chi connectivity index (χ1n) is 6.59. The van der Waals surface area contributed by atoms with Gasteiger partial charge in [0.15, 0.2) is 0 Å². The van der Waals surface area contributed by atoms with Gasteiger partial charge in [0.1, 0.15) is 0 Å². The number of nitrogens with one attached hydrogen (secondary N) is 1. The van der Waals surface area contributed by atoms with Gasteiger partial charge in [0, 0.05) is 17.5 Å². The average Bonchev–Trinajstić information content (AvgIpc) is 2.39. The number of pyridine rings is 1. The molecule has 1 fully saturated rings. The van der Waals surface area contributed by atoms with Crippen LogP contribution in [0.4, 0.5) is 0 Å². The van der Waals surface area contributed by atoms with Gasteiger partial charge < -0.3 is 5.32 Å². The Morgan fingerprint density at radius 1 is 1.35 bits per heavy atom. The molecule has 1 aliphatic rings. The van der Waals surface area contributed by atoms with Gasteiger partial charge >= 0.3 is 0 Å². The van der Waals surface area contributed by atoms with Crippen molar-refractivity contribution in [3.63, 3.8) is 0 Å². The highest BCUT2D eigenvalue weighted by molar-refractivity contribution is 7.99. The van der Waals surface area contributed by atoms with E-state index in [9.17, 15) is 0 Å². The molecule has 94 valence electrons. The Morgan fingerprint density at radius 3 is 2.82 bits per heavy atom. The summed E-state index contributed by atoms with van der Waals surface area (Å²) >= 11 is 1.97. The van der Waals surface area contributed by atoms with Crippen LogP contribution >= 0.6 is 11.8 Å². The summed E-state index contributed by atoms with van der Waals surface area (Å²) in [5, 5.41) is 5.25. The Labute approximate surface area is 109 Å². The van der Waals surface area contributed by atoms with Gasteiger partial charge in [0.2, 0.25) is 0 Å². The second-order valence-electron chi connectivity index (χ2n) is 4.82. The molecule has 1 aromatic rings. The van der Waals surface area contributed by atoms with Crippen molar-refractivity contribution in [2.24, 2.45) is 0 Å². The molecule has 1 aromatic heterocycles. The van der Waals surface area contributed by atoms with Crippen LogP contribution in [0.15, 0.2) is 23.4 Å². The second-order valence-corrected chi connectivity index (χ2v) is 6.14. The molecule has 1 unspecified atom stereocenters. The third-order valence-corrected chi connectivity index (χ3v) is 4.80. The van der Waals surface area contributed by atoms with Gasteiger partial charge in [-0.05, 0) is 44.5 Å². The minimum absolute atomic E-state index is 0.406. The van der Waals surface area contributed by atoms with Gasteiger partial charge in [-0.15, -0.1) is 11.8 Å². The molecule has 0 bridgehead atoms. The molecule has 0 amide bonds. The number of aromatic nitrogens is 1. The van der Waals surface area contributed by atoms with Crippen LogP contribution in [0.1, 0.15) is 50.6 Å². The standard InChI is InChI=1S/C14H22N2S/c1-11(15-2)12-8-9-16-14(10-12)17-13-6-4-3-5-7-13/h8-11,13,15H,3-7H2,1-2H3. The molecule has 3 heteroatoms. The lowest BCUT2D eigenvalue weighted by Gasteiger charge is -2.21. The van der Waals surface area contributed by atoms with Gasteiger partial charge in [0.05, 0.1) is 5.03 Å². The lowest BCUT2D eigenvalue weighted by atomic mass is 10.0. The Hall–Kier alpha value is -0.540. The number of hydrogen-bond acceptors (Lipinski definition) is 3. The van der Waals surface area contributed by atoms with E-state index in [0.29, 0.717) is 6.04 Å². The van der Waals surface area contributed by atoms with Gasteiger partial charge in [-0.25, -0.2) is 4.98 Å². The summed E-state index contributed by atoms with van der Waals surface area (Å²) in [5.74, 6) is 0. The molecule has 0 aromatic carbocycles. The monoisotopic (exact) mass is 250 g/mol. The third kappa shape index (κ3) is 3.71. The lowest BCUT2D eigenvalue weighted by Crippen LogP contribution is -2.13. The molecule has 0 radical (unpaired) electrons. The minimum Gasteiger partial charge on any atom is -0.313 e. The summed E-state index contributed by atoms with van der Waals surface area (Å²) in [7, 11) is 2.00. The Morgan fingerprint density at radius 2 is 2.12 bits per heavy atom. The Balaban J connectivity index is 2.00. The third-order valence-electron chi connectivity index (χ3n) is 3.53. The van der Waals surface area contributed by atoms with Crippen molar-refractivity contribution in [1.29, 1.82) is 0 Å². The number of hydrogen-bond donors (Lipinski definition) is 1. The summed E-state index contributed by atoms with van der Waals surface area (Å²) in [6, 6.07) is 4.75. The van der Waals surface area contributed by atoms with E-state index in [1.807, 2.05) is 25.0 Å². The number of thioether (sulfide) groups is 1. The highest BCUT2D eigenvalue weighted by atomic mass is 32.2. The molecule has 2 rings (SSSR count). The van der Waals surface area contributed by atoms with Crippen LogP contribution in [0.5, 0.6) is 0 Å². The molecular weight excluding hydrogens is 228 g/mol. The minimum atomic E-state index is 0.406. The summed E-state index contributed by atoms with van der Waals surface area (Å²) in [6.07, 6.45) is 8.86. The second kappa shape index (κ2) is 6.41. The van der Waals surface area contributed by atoms with Gasteiger partial charge in [-0.2, -0.15) is 0 Å². The van der Waals surface area contributed by atoms with Crippen molar-refractivity contribution in [2.75, 3.05) is 7.05 Å². The van der Waals surface area contributed by atoms with E-state index in [0.717, 1.165) is 5.25 Å². The molecule has 1 heterocycles. The first kappa shape index (κ1) is 12.9. The fraction of sp³-hybridized carbons (Fsp3) is 0.643. The SMILES string of the molecule is CNC(C)c1ccnc(SC2CCCCC2)c1. The van der Waals surface area contributed by atoms with Crippen LogP contribution in [0.25, 0.3) is 0 Å². The van der Waals surface area contributed by atoms with E-state index >= 15 is 0 Å². The van der Waals surface area contributed by atoms with E-state index in [4.69, 9.17) is 0 Å². The first-order chi connectivity index (χ1) is 8.29. The summed E-state index contributed by atoms with van der Waals surface area (Å²) < 4.78 is 0. The number of nitrogens with zero attached hydrogens (tertiary/aromatic N) is 1. The van der Waals surface area contributed by atoms with Crippen molar-refractivity contribution in [2.45, 2.75) is 55.3 Å². The predicted molar refractivity (Wildman–Crippen MR) is 74.4 cm³/mol. The van der Waals surface area contributed by atoms with Crippen LogP contribution in [-0.2, 0) is 0 Å². The maximum absolute atomic E-state index is 4.49. The molecule has 1 atom stereocenters. The molecule has 1 saturated carbocycles. The quantitative estimate of drug-likeness (QED) is 0.880. The largest absolute Gasteiger partial charge is 0.313 e. The van der Waals surface area contributed by atoms with E-state index in [-0.39, 0.29) is 0 Å². The zero-order chi connectivity index (χ0) is 12.1.